The SMILES string of the molecule is CC(c1nc(Cc2ccccc2)no1)N1CCC2(CN(C(=O)C(C)(F)F)C2)C1. The van der Waals surface area contributed by atoms with Gasteiger partial charge < -0.3 is 9.42 Å². The van der Waals surface area contributed by atoms with Crippen molar-refractivity contribution < 1.29 is 18.1 Å². The molecule has 1 aromatic heterocycles. The molecule has 2 aromatic rings. The molecule has 6 nitrogen and oxygen atoms in total. The van der Waals surface area contributed by atoms with E-state index in [0.717, 1.165) is 25.1 Å². The summed E-state index contributed by atoms with van der Waals surface area (Å²) in [5.74, 6) is -3.17. The summed E-state index contributed by atoms with van der Waals surface area (Å²) in [7, 11) is 0. The Morgan fingerprint density at radius 2 is 2.00 bits per heavy atom. The average Bonchev–Trinajstić information content (AvgIpc) is 3.27. The van der Waals surface area contributed by atoms with E-state index in [1.165, 1.54) is 4.90 Å². The van der Waals surface area contributed by atoms with Crippen LogP contribution in [-0.2, 0) is 11.2 Å². The van der Waals surface area contributed by atoms with Crippen molar-refractivity contribution in [2.24, 2.45) is 5.41 Å². The van der Waals surface area contributed by atoms with Gasteiger partial charge in [-0.3, -0.25) is 9.69 Å². The number of hydrogen-bond acceptors (Lipinski definition) is 5. The number of nitrogens with zero attached hydrogens (tertiary/aromatic N) is 4. The third-order valence-corrected chi connectivity index (χ3v) is 5.78. The van der Waals surface area contributed by atoms with Gasteiger partial charge in [0.2, 0.25) is 5.89 Å². The van der Waals surface area contributed by atoms with E-state index in [9.17, 15) is 13.6 Å². The third kappa shape index (κ3) is 3.65. The minimum atomic E-state index is -3.30. The Morgan fingerprint density at radius 3 is 2.68 bits per heavy atom. The van der Waals surface area contributed by atoms with Crippen molar-refractivity contribution in [3.05, 3.63) is 47.6 Å². The maximum Gasteiger partial charge on any atom is 0.322 e. The third-order valence-electron chi connectivity index (χ3n) is 5.78. The van der Waals surface area contributed by atoms with E-state index in [1.54, 1.807) is 0 Å². The van der Waals surface area contributed by atoms with Crippen molar-refractivity contribution in [1.82, 2.24) is 19.9 Å². The molecule has 2 aliphatic rings. The largest absolute Gasteiger partial charge is 0.338 e. The van der Waals surface area contributed by atoms with Crippen LogP contribution in [0.3, 0.4) is 0 Å². The first-order valence-corrected chi connectivity index (χ1v) is 9.53. The van der Waals surface area contributed by atoms with Gasteiger partial charge in [-0.1, -0.05) is 35.5 Å². The minimum Gasteiger partial charge on any atom is -0.338 e. The Kier molecular flexibility index (Phi) is 4.69. The highest BCUT2D eigenvalue weighted by atomic mass is 19.3. The van der Waals surface area contributed by atoms with E-state index in [4.69, 9.17) is 4.52 Å². The van der Waals surface area contributed by atoms with Gasteiger partial charge in [-0.25, -0.2) is 0 Å². The predicted molar refractivity (Wildman–Crippen MR) is 97.8 cm³/mol. The summed E-state index contributed by atoms with van der Waals surface area (Å²) in [4.78, 5) is 19.7. The molecule has 0 N–H and O–H groups in total. The summed E-state index contributed by atoms with van der Waals surface area (Å²) in [6.07, 6.45) is 1.49. The summed E-state index contributed by atoms with van der Waals surface area (Å²) in [6.45, 7) is 5.02. The molecule has 1 aromatic carbocycles. The number of rotatable bonds is 5. The lowest BCUT2D eigenvalue weighted by molar-refractivity contribution is -0.166. The standard InChI is InChI=1S/C20H24F2N4O2/c1-14(17-23-16(24-28-17)10-15-6-4-3-5-7-15)25-9-8-20(11-25)12-26(13-20)18(27)19(2,21)22/h3-7,14H,8-13H2,1-2H3. The molecule has 2 aliphatic heterocycles. The number of carbonyl (C=O) groups excluding carboxylic acids is 1. The highest BCUT2D eigenvalue weighted by Gasteiger charge is 2.53. The second-order valence-electron chi connectivity index (χ2n) is 8.16. The molecule has 1 spiro atoms. The average molecular weight is 390 g/mol. The van der Waals surface area contributed by atoms with Gasteiger partial charge in [0.05, 0.1) is 6.04 Å². The molecule has 150 valence electrons. The van der Waals surface area contributed by atoms with Crippen LogP contribution in [0.1, 0.15) is 43.6 Å². The van der Waals surface area contributed by atoms with E-state index in [2.05, 4.69) is 15.0 Å². The lowest BCUT2D eigenvalue weighted by Gasteiger charge is -2.48. The van der Waals surface area contributed by atoms with Gasteiger partial charge in [-0.2, -0.15) is 13.8 Å². The van der Waals surface area contributed by atoms with E-state index in [0.29, 0.717) is 38.1 Å². The first-order chi connectivity index (χ1) is 13.3. The topological polar surface area (TPSA) is 62.5 Å². The van der Waals surface area contributed by atoms with Crippen LogP contribution in [0.25, 0.3) is 0 Å². The maximum absolute atomic E-state index is 13.2. The molecular weight excluding hydrogens is 366 g/mol. The minimum absolute atomic E-state index is 0.0474. The number of hydrogen-bond donors (Lipinski definition) is 0. The van der Waals surface area contributed by atoms with Crippen molar-refractivity contribution in [2.75, 3.05) is 26.2 Å². The lowest BCUT2D eigenvalue weighted by Crippen LogP contribution is -2.62. The number of benzene rings is 1. The molecule has 8 heteroatoms. The number of halogens is 2. The van der Waals surface area contributed by atoms with E-state index < -0.39 is 11.8 Å². The molecule has 0 radical (unpaired) electrons. The quantitative estimate of drug-likeness (QED) is 0.786. The van der Waals surface area contributed by atoms with Crippen LogP contribution in [-0.4, -0.2) is 57.9 Å². The van der Waals surface area contributed by atoms with Gasteiger partial charge >= 0.3 is 5.92 Å². The van der Waals surface area contributed by atoms with Crippen molar-refractivity contribution in [3.8, 4) is 0 Å². The zero-order valence-electron chi connectivity index (χ0n) is 16.1. The Bertz CT molecular complexity index is 843. The summed E-state index contributed by atoms with van der Waals surface area (Å²) < 4.78 is 31.9. The number of amides is 1. The zero-order chi connectivity index (χ0) is 19.9. The highest BCUT2D eigenvalue weighted by molar-refractivity contribution is 5.83. The smallest absolute Gasteiger partial charge is 0.322 e. The molecule has 28 heavy (non-hydrogen) atoms. The second-order valence-corrected chi connectivity index (χ2v) is 8.16. The molecule has 3 heterocycles. The lowest BCUT2D eigenvalue weighted by atomic mass is 9.78. The molecule has 1 atom stereocenters. The summed E-state index contributed by atoms with van der Waals surface area (Å²) in [6, 6.07) is 9.91. The normalized spacial score (nSPS) is 20.4. The van der Waals surface area contributed by atoms with Crippen LogP contribution in [0.5, 0.6) is 0 Å². The Hall–Kier alpha value is -2.35. The summed E-state index contributed by atoms with van der Waals surface area (Å²) in [5, 5.41) is 4.09. The van der Waals surface area contributed by atoms with Crippen molar-refractivity contribution >= 4 is 5.91 Å². The number of alkyl halides is 2. The Morgan fingerprint density at radius 1 is 1.29 bits per heavy atom. The van der Waals surface area contributed by atoms with Crippen molar-refractivity contribution in [1.29, 1.82) is 0 Å². The number of aromatic nitrogens is 2. The molecule has 0 saturated carbocycles. The van der Waals surface area contributed by atoms with Crippen LogP contribution in [0.4, 0.5) is 8.78 Å². The molecule has 1 amide bonds. The van der Waals surface area contributed by atoms with Gasteiger partial charge in [-0.05, 0) is 25.5 Å². The molecule has 2 saturated heterocycles. The van der Waals surface area contributed by atoms with E-state index in [1.807, 2.05) is 37.3 Å². The van der Waals surface area contributed by atoms with E-state index in [-0.39, 0.29) is 11.5 Å². The van der Waals surface area contributed by atoms with Crippen LogP contribution in [0.15, 0.2) is 34.9 Å². The Labute approximate surface area is 162 Å². The molecule has 2 fully saturated rings. The van der Waals surface area contributed by atoms with E-state index >= 15 is 0 Å². The van der Waals surface area contributed by atoms with Crippen LogP contribution in [0.2, 0.25) is 0 Å². The predicted octanol–water partition coefficient (Wildman–Crippen LogP) is 2.91. The molecule has 0 aliphatic carbocycles. The van der Waals surface area contributed by atoms with Crippen molar-refractivity contribution in [2.45, 2.75) is 38.7 Å². The van der Waals surface area contributed by atoms with Gasteiger partial charge in [-0.15, -0.1) is 0 Å². The number of likely N-dealkylation sites (tertiary alicyclic amines) is 2. The van der Waals surface area contributed by atoms with Gasteiger partial charge in [0.25, 0.3) is 5.91 Å². The first kappa shape index (κ1) is 19.0. The fourth-order valence-corrected chi connectivity index (χ4v) is 4.19. The van der Waals surface area contributed by atoms with Gasteiger partial charge in [0.1, 0.15) is 0 Å². The van der Waals surface area contributed by atoms with Crippen LogP contribution >= 0.6 is 0 Å². The highest BCUT2D eigenvalue weighted by Crippen LogP contribution is 2.43. The molecular formula is C20H24F2N4O2. The van der Waals surface area contributed by atoms with Crippen LogP contribution in [0, 0.1) is 5.41 Å². The monoisotopic (exact) mass is 390 g/mol. The number of carbonyl (C=O) groups is 1. The summed E-state index contributed by atoms with van der Waals surface area (Å²) in [5.41, 5.74) is 1.02. The summed E-state index contributed by atoms with van der Waals surface area (Å²) >= 11 is 0. The molecule has 1 unspecified atom stereocenters. The fraction of sp³-hybridized carbons (Fsp3) is 0.550. The zero-order valence-corrected chi connectivity index (χ0v) is 16.1. The fourth-order valence-electron chi connectivity index (χ4n) is 4.19. The first-order valence-electron chi connectivity index (χ1n) is 9.53. The molecule has 4 rings (SSSR count). The maximum atomic E-state index is 13.2. The van der Waals surface area contributed by atoms with Gasteiger partial charge in [0, 0.05) is 38.4 Å². The Balaban J connectivity index is 1.34. The van der Waals surface area contributed by atoms with Gasteiger partial charge in [0.15, 0.2) is 5.82 Å². The second kappa shape index (κ2) is 6.92. The van der Waals surface area contributed by atoms with Crippen molar-refractivity contribution in [3.63, 3.8) is 0 Å². The van der Waals surface area contributed by atoms with Crippen LogP contribution < -0.4 is 0 Å². The molecule has 0 bridgehead atoms.